The minimum absolute atomic E-state index is 0.00385. The summed E-state index contributed by atoms with van der Waals surface area (Å²) in [6.07, 6.45) is 0.638. The number of H-pyrrole nitrogens is 1. The van der Waals surface area contributed by atoms with Crippen LogP contribution >= 0.6 is 0 Å². The fourth-order valence-corrected chi connectivity index (χ4v) is 1.88. The van der Waals surface area contributed by atoms with Crippen LogP contribution in [-0.2, 0) is 13.0 Å². The highest BCUT2D eigenvalue weighted by molar-refractivity contribution is 5.19. The van der Waals surface area contributed by atoms with Gasteiger partial charge in [-0.15, -0.1) is 0 Å². The normalized spacial score (nSPS) is 11.6. The van der Waals surface area contributed by atoms with Crippen molar-refractivity contribution in [1.82, 2.24) is 15.3 Å². The van der Waals surface area contributed by atoms with E-state index in [1.807, 2.05) is 30.3 Å². The van der Waals surface area contributed by atoms with Gasteiger partial charge in [-0.3, -0.25) is 4.79 Å². The number of hydrogen-bond acceptors (Lipinski definition) is 3. The molecule has 0 bridgehead atoms. The Kier molecular flexibility index (Phi) is 4.35. The lowest BCUT2D eigenvalue weighted by Crippen LogP contribution is -2.35. The van der Waals surface area contributed by atoms with Gasteiger partial charge in [0, 0.05) is 24.6 Å². The molecule has 2 rings (SSSR count). The van der Waals surface area contributed by atoms with Gasteiger partial charge in [-0.25, -0.2) is 4.98 Å². The molecule has 0 radical (unpaired) electrons. The van der Waals surface area contributed by atoms with Crippen molar-refractivity contribution in [3.63, 3.8) is 0 Å². The first-order valence-corrected chi connectivity index (χ1v) is 6.80. The van der Waals surface area contributed by atoms with Crippen molar-refractivity contribution in [2.45, 2.75) is 39.3 Å². The van der Waals surface area contributed by atoms with Crippen LogP contribution in [0.15, 0.2) is 41.2 Å². The van der Waals surface area contributed by atoms with Gasteiger partial charge in [0.05, 0.1) is 5.69 Å². The number of aromatic amines is 1. The van der Waals surface area contributed by atoms with Gasteiger partial charge in [-0.1, -0.05) is 30.3 Å². The fourth-order valence-electron chi connectivity index (χ4n) is 1.88. The van der Waals surface area contributed by atoms with Gasteiger partial charge in [-0.2, -0.15) is 0 Å². The molecule has 4 heteroatoms. The van der Waals surface area contributed by atoms with Crippen LogP contribution in [-0.4, -0.2) is 15.5 Å². The van der Waals surface area contributed by atoms with E-state index >= 15 is 0 Å². The molecule has 0 fully saturated rings. The molecule has 0 atom stereocenters. The van der Waals surface area contributed by atoms with Gasteiger partial charge in [-0.05, 0) is 26.3 Å². The van der Waals surface area contributed by atoms with E-state index in [4.69, 9.17) is 0 Å². The molecule has 0 unspecified atom stereocenters. The predicted octanol–water partition coefficient (Wildman–Crippen LogP) is 2.25. The number of benzene rings is 1. The Labute approximate surface area is 119 Å². The van der Waals surface area contributed by atoms with E-state index in [9.17, 15) is 4.79 Å². The lowest BCUT2D eigenvalue weighted by atomic mass is 10.1. The van der Waals surface area contributed by atoms with Crippen molar-refractivity contribution in [3.8, 4) is 0 Å². The van der Waals surface area contributed by atoms with Crippen molar-refractivity contribution in [2.75, 3.05) is 0 Å². The van der Waals surface area contributed by atoms with Crippen molar-refractivity contribution in [3.05, 3.63) is 63.8 Å². The molecular formula is C16H21N3O. The number of nitrogens with one attached hydrogen (secondary N) is 2. The van der Waals surface area contributed by atoms with E-state index in [2.05, 4.69) is 36.1 Å². The smallest absolute Gasteiger partial charge is 0.251 e. The van der Waals surface area contributed by atoms with Crippen LogP contribution in [0.2, 0.25) is 0 Å². The maximum absolute atomic E-state index is 11.7. The zero-order valence-corrected chi connectivity index (χ0v) is 12.2. The monoisotopic (exact) mass is 271 g/mol. The Morgan fingerprint density at radius 3 is 2.55 bits per heavy atom. The van der Waals surface area contributed by atoms with Gasteiger partial charge in [0.25, 0.3) is 5.56 Å². The van der Waals surface area contributed by atoms with Crippen molar-refractivity contribution < 1.29 is 0 Å². The molecule has 0 saturated carbocycles. The quantitative estimate of drug-likeness (QED) is 0.896. The van der Waals surface area contributed by atoms with Gasteiger partial charge in [0.15, 0.2) is 0 Å². The summed E-state index contributed by atoms with van der Waals surface area (Å²) < 4.78 is 0. The Bertz CT molecular complexity index is 612. The molecule has 0 spiro atoms. The zero-order chi connectivity index (χ0) is 14.6. The van der Waals surface area contributed by atoms with Gasteiger partial charge in [0.2, 0.25) is 0 Å². The Hall–Kier alpha value is -1.94. The van der Waals surface area contributed by atoms with E-state index in [0.29, 0.717) is 18.8 Å². The van der Waals surface area contributed by atoms with Crippen LogP contribution in [0.3, 0.4) is 0 Å². The Balaban J connectivity index is 2.14. The summed E-state index contributed by atoms with van der Waals surface area (Å²) in [6.45, 7) is 6.86. The van der Waals surface area contributed by atoms with Crippen LogP contribution in [0.1, 0.15) is 37.9 Å². The second-order valence-corrected chi connectivity index (χ2v) is 5.95. The third-order valence-corrected chi connectivity index (χ3v) is 2.86. The topological polar surface area (TPSA) is 57.8 Å². The van der Waals surface area contributed by atoms with Crippen molar-refractivity contribution in [1.29, 1.82) is 0 Å². The fraction of sp³-hybridized carbons (Fsp3) is 0.375. The zero-order valence-electron chi connectivity index (χ0n) is 12.2. The van der Waals surface area contributed by atoms with E-state index in [1.165, 1.54) is 0 Å². The van der Waals surface area contributed by atoms with E-state index in [1.54, 1.807) is 6.07 Å². The third-order valence-electron chi connectivity index (χ3n) is 2.86. The van der Waals surface area contributed by atoms with Crippen LogP contribution in [0.5, 0.6) is 0 Å². The summed E-state index contributed by atoms with van der Waals surface area (Å²) >= 11 is 0. The summed E-state index contributed by atoms with van der Waals surface area (Å²) in [6, 6.07) is 11.5. The summed E-state index contributed by atoms with van der Waals surface area (Å²) in [5.41, 5.74) is 1.81. The maximum Gasteiger partial charge on any atom is 0.251 e. The molecule has 2 aromatic rings. The molecule has 4 nitrogen and oxygen atoms in total. The molecule has 0 saturated heterocycles. The highest BCUT2D eigenvalue weighted by Crippen LogP contribution is 2.05. The SMILES string of the molecule is CC(C)(C)NCc1cc(=O)[nH]c(Cc2ccccc2)n1. The summed E-state index contributed by atoms with van der Waals surface area (Å²) in [5.74, 6) is 0.703. The average Bonchev–Trinajstić information content (AvgIpc) is 2.36. The first kappa shape index (κ1) is 14.5. The second-order valence-electron chi connectivity index (χ2n) is 5.95. The molecule has 20 heavy (non-hydrogen) atoms. The lowest BCUT2D eigenvalue weighted by molar-refractivity contribution is 0.420. The van der Waals surface area contributed by atoms with Crippen LogP contribution in [0.25, 0.3) is 0 Å². The maximum atomic E-state index is 11.7. The third kappa shape index (κ3) is 4.63. The van der Waals surface area contributed by atoms with Gasteiger partial charge < -0.3 is 10.3 Å². The highest BCUT2D eigenvalue weighted by Gasteiger charge is 2.10. The minimum Gasteiger partial charge on any atom is -0.310 e. The highest BCUT2D eigenvalue weighted by atomic mass is 16.1. The average molecular weight is 271 g/mol. The van der Waals surface area contributed by atoms with Crippen LogP contribution in [0.4, 0.5) is 0 Å². The van der Waals surface area contributed by atoms with Crippen molar-refractivity contribution >= 4 is 0 Å². The minimum atomic E-state index is -0.100. The Morgan fingerprint density at radius 2 is 1.90 bits per heavy atom. The molecule has 1 aromatic heterocycles. The number of nitrogens with zero attached hydrogens (tertiary/aromatic N) is 1. The lowest BCUT2D eigenvalue weighted by Gasteiger charge is -2.20. The molecular weight excluding hydrogens is 250 g/mol. The van der Waals surface area contributed by atoms with E-state index < -0.39 is 0 Å². The summed E-state index contributed by atoms with van der Waals surface area (Å²) in [5, 5.41) is 3.34. The molecule has 1 heterocycles. The van der Waals surface area contributed by atoms with Gasteiger partial charge in [0.1, 0.15) is 5.82 Å². The largest absolute Gasteiger partial charge is 0.310 e. The number of aromatic nitrogens is 2. The molecule has 2 N–H and O–H groups in total. The van der Waals surface area contributed by atoms with Crippen LogP contribution < -0.4 is 10.9 Å². The molecule has 0 aliphatic carbocycles. The van der Waals surface area contributed by atoms with Crippen molar-refractivity contribution in [2.24, 2.45) is 0 Å². The van der Waals surface area contributed by atoms with Crippen LogP contribution in [0, 0.1) is 0 Å². The second kappa shape index (κ2) is 6.01. The molecule has 0 amide bonds. The molecule has 0 aliphatic heterocycles. The number of hydrogen-bond donors (Lipinski definition) is 2. The first-order valence-electron chi connectivity index (χ1n) is 6.80. The summed E-state index contributed by atoms with van der Waals surface area (Å²) in [4.78, 5) is 19.0. The molecule has 106 valence electrons. The first-order chi connectivity index (χ1) is 9.42. The predicted molar refractivity (Wildman–Crippen MR) is 80.7 cm³/mol. The number of rotatable bonds is 4. The standard InChI is InChI=1S/C16H21N3O/c1-16(2,3)17-11-13-10-15(20)19-14(18-13)9-12-7-5-4-6-8-12/h4-8,10,17H,9,11H2,1-3H3,(H,18,19,20). The Morgan fingerprint density at radius 1 is 1.20 bits per heavy atom. The van der Waals surface area contributed by atoms with E-state index in [-0.39, 0.29) is 11.1 Å². The molecule has 0 aliphatic rings. The van der Waals surface area contributed by atoms with Gasteiger partial charge >= 0.3 is 0 Å². The summed E-state index contributed by atoms with van der Waals surface area (Å²) in [7, 11) is 0. The molecule has 1 aromatic carbocycles. The van der Waals surface area contributed by atoms with E-state index in [0.717, 1.165) is 11.3 Å².